The van der Waals surface area contributed by atoms with Gasteiger partial charge in [-0.25, -0.2) is 9.07 Å². The number of hydrogen-bond donors (Lipinski definition) is 1. The molecule has 102 valence electrons. The summed E-state index contributed by atoms with van der Waals surface area (Å²) in [6.45, 7) is 6.94. The van der Waals surface area contributed by atoms with Gasteiger partial charge < -0.3 is 5.32 Å². The van der Waals surface area contributed by atoms with Crippen molar-refractivity contribution in [2.24, 2.45) is 0 Å². The summed E-state index contributed by atoms with van der Waals surface area (Å²) in [6.07, 6.45) is 1.77. The molecule has 0 amide bonds. The molecule has 0 bridgehead atoms. The molecule has 0 saturated heterocycles. The van der Waals surface area contributed by atoms with Crippen molar-refractivity contribution in [2.75, 3.05) is 0 Å². The van der Waals surface area contributed by atoms with Gasteiger partial charge in [0.2, 0.25) is 0 Å². The van der Waals surface area contributed by atoms with Crippen molar-refractivity contribution in [3.05, 3.63) is 46.4 Å². The molecule has 3 nitrogen and oxygen atoms in total. The van der Waals surface area contributed by atoms with E-state index in [1.165, 1.54) is 6.07 Å². The SMILES string of the molecule is CC(C)(C)NCc1ccn(-c2cc(Br)ccc2F)n1. The van der Waals surface area contributed by atoms with Gasteiger partial charge in [0.25, 0.3) is 0 Å². The van der Waals surface area contributed by atoms with Gasteiger partial charge in [-0.2, -0.15) is 5.10 Å². The minimum atomic E-state index is -0.290. The Morgan fingerprint density at radius 2 is 2.05 bits per heavy atom. The standard InChI is InChI=1S/C14H17BrFN3/c1-14(2,3)17-9-11-6-7-19(18-11)13-8-10(15)4-5-12(13)16/h4-8,17H,9H2,1-3H3. The second-order valence-corrected chi connectivity index (χ2v) is 6.37. The molecular formula is C14H17BrFN3. The van der Waals surface area contributed by atoms with E-state index in [2.05, 4.69) is 47.1 Å². The Balaban J connectivity index is 2.19. The fraction of sp³-hybridized carbons (Fsp3) is 0.357. The molecule has 0 fully saturated rings. The molecule has 19 heavy (non-hydrogen) atoms. The van der Waals surface area contributed by atoms with Gasteiger partial charge >= 0.3 is 0 Å². The van der Waals surface area contributed by atoms with Crippen molar-refractivity contribution in [2.45, 2.75) is 32.9 Å². The van der Waals surface area contributed by atoms with E-state index in [1.807, 2.05) is 6.07 Å². The van der Waals surface area contributed by atoms with Crippen molar-refractivity contribution in [3.8, 4) is 5.69 Å². The monoisotopic (exact) mass is 325 g/mol. The molecule has 0 aliphatic heterocycles. The first-order valence-corrected chi connectivity index (χ1v) is 6.89. The smallest absolute Gasteiger partial charge is 0.148 e. The second kappa shape index (κ2) is 5.43. The van der Waals surface area contributed by atoms with E-state index >= 15 is 0 Å². The lowest BCUT2D eigenvalue weighted by molar-refractivity contribution is 0.420. The van der Waals surface area contributed by atoms with E-state index in [9.17, 15) is 4.39 Å². The van der Waals surface area contributed by atoms with E-state index in [-0.39, 0.29) is 11.4 Å². The van der Waals surface area contributed by atoms with Gasteiger partial charge in [0.15, 0.2) is 0 Å². The normalized spacial score (nSPS) is 11.8. The Morgan fingerprint density at radius 3 is 2.74 bits per heavy atom. The topological polar surface area (TPSA) is 29.9 Å². The molecular weight excluding hydrogens is 309 g/mol. The molecule has 2 rings (SSSR count). The zero-order chi connectivity index (χ0) is 14.0. The predicted octanol–water partition coefficient (Wildman–Crippen LogP) is 3.66. The average Bonchev–Trinajstić information content (AvgIpc) is 2.77. The Kier molecular flexibility index (Phi) is 4.06. The lowest BCUT2D eigenvalue weighted by Gasteiger charge is -2.19. The maximum absolute atomic E-state index is 13.7. The molecule has 0 aliphatic rings. The van der Waals surface area contributed by atoms with Crippen LogP contribution >= 0.6 is 15.9 Å². The van der Waals surface area contributed by atoms with Crippen molar-refractivity contribution < 1.29 is 4.39 Å². The summed E-state index contributed by atoms with van der Waals surface area (Å²) in [6, 6.07) is 6.70. The quantitative estimate of drug-likeness (QED) is 0.933. The number of benzene rings is 1. The molecule has 0 aliphatic carbocycles. The van der Waals surface area contributed by atoms with Crippen LogP contribution in [0.5, 0.6) is 0 Å². The average molecular weight is 326 g/mol. The van der Waals surface area contributed by atoms with Gasteiger partial charge in [0.1, 0.15) is 11.5 Å². The third kappa shape index (κ3) is 3.88. The highest BCUT2D eigenvalue weighted by Crippen LogP contribution is 2.19. The first-order chi connectivity index (χ1) is 8.85. The molecule has 1 aromatic heterocycles. The molecule has 2 aromatic rings. The van der Waals surface area contributed by atoms with Crippen molar-refractivity contribution in [1.82, 2.24) is 15.1 Å². The first kappa shape index (κ1) is 14.2. The lowest BCUT2D eigenvalue weighted by atomic mass is 10.1. The van der Waals surface area contributed by atoms with Crippen LogP contribution in [0.25, 0.3) is 5.69 Å². The summed E-state index contributed by atoms with van der Waals surface area (Å²) < 4.78 is 16.1. The van der Waals surface area contributed by atoms with Crippen LogP contribution < -0.4 is 5.32 Å². The molecule has 5 heteroatoms. The number of rotatable bonds is 3. The summed E-state index contributed by atoms with van der Waals surface area (Å²) in [5.74, 6) is -0.290. The molecule has 0 spiro atoms. The largest absolute Gasteiger partial charge is 0.306 e. The fourth-order valence-electron chi connectivity index (χ4n) is 1.61. The van der Waals surface area contributed by atoms with Crippen LogP contribution in [0.15, 0.2) is 34.9 Å². The van der Waals surface area contributed by atoms with Gasteiger partial charge in [0, 0.05) is 22.8 Å². The summed E-state index contributed by atoms with van der Waals surface area (Å²) in [7, 11) is 0. The highest BCUT2D eigenvalue weighted by Gasteiger charge is 2.11. The molecule has 0 unspecified atom stereocenters. The number of nitrogens with zero attached hydrogens (tertiary/aromatic N) is 2. The van der Waals surface area contributed by atoms with Crippen LogP contribution in [0.1, 0.15) is 26.5 Å². The van der Waals surface area contributed by atoms with Gasteiger partial charge in [-0.15, -0.1) is 0 Å². The van der Waals surface area contributed by atoms with E-state index < -0.39 is 0 Å². The van der Waals surface area contributed by atoms with Gasteiger partial charge in [-0.1, -0.05) is 15.9 Å². The number of hydrogen-bond acceptors (Lipinski definition) is 2. The third-order valence-corrected chi connectivity index (χ3v) is 3.09. The van der Waals surface area contributed by atoms with Crippen LogP contribution in [0.4, 0.5) is 4.39 Å². The Hall–Kier alpha value is -1.20. The van der Waals surface area contributed by atoms with Gasteiger partial charge in [0.05, 0.1) is 5.69 Å². The minimum absolute atomic E-state index is 0.0325. The minimum Gasteiger partial charge on any atom is -0.306 e. The van der Waals surface area contributed by atoms with Crippen molar-refractivity contribution in [3.63, 3.8) is 0 Å². The van der Waals surface area contributed by atoms with E-state index in [4.69, 9.17) is 0 Å². The zero-order valence-corrected chi connectivity index (χ0v) is 12.8. The molecule has 1 heterocycles. The maximum atomic E-state index is 13.7. The highest BCUT2D eigenvalue weighted by atomic mass is 79.9. The first-order valence-electron chi connectivity index (χ1n) is 6.10. The van der Waals surface area contributed by atoms with E-state index in [0.717, 1.165) is 10.2 Å². The van der Waals surface area contributed by atoms with E-state index in [1.54, 1.807) is 23.0 Å². The second-order valence-electron chi connectivity index (χ2n) is 5.45. The summed E-state index contributed by atoms with van der Waals surface area (Å²) in [5.41, 5.74) is 1.36. The number of nitrogens with one attached hydrogen (secondary N) is 1. The molecule has 0 radical (unpaired) electrons. The number of halogens is 2. The summed E-state index contributed by atoms with van der Waals surface area (Å²) in [4.78, 5) is 0. The summed E-state index contributed by atoms with van der Waals surface area (Å²) in [5, 5.41) is 7.73. The number of aromatic nitrogens is 2. The van der Waals surface area contributed by atoms with Crippen LogP contribution in [0.2, 0.25) is 0 Å². The van der Waals surface area contributed by atoms with Crippen molar-refractivity contribution in [1.29, 1.82) is 0 Å². The van der Waals surface area contributed by atoms with Gasteiger partial charge in [-0.3, -0.25) is 0 Å². The zero-order valence-electron chi connectivity index (χ0n) is 11.2. The molecule has 0 saturated carbocycles. The van der Waals surface area contributed by atoms with Crippen LogP contribution in [-0.2, 0) is 6.54 Å². The van der Waals surface area contributed by atoms with Crippen molar-refractivity contribution >= 4 is 15.9 Å². The highest BCUT2D eigenvalue weighted by molar-refractivity contribution is 9.10. The molecule has 0 atom stereocenters. The Bertz CT molecular complexity index is 572. The van der Waals surface area contributed by atoms with Crippen LogP contribution in [0, 0.1) is 5.82 Å². The van der Waals surface area contributed by atoms with Gasteiger partial charge in [-0.05, 0) is 45.0 Å². The third-order valence-electron chi connectivity index (χ3n) is 2.60. The Morgan fingerprint density at radius 1 is 1.32 bits per heavy atom. The summed E-state index contributed by atoms with van der Waals surface area (Å²) >= 11 is 3.34. The maximum Gasteiger partial charge on any atom is 0.148 e. The van der Waals surface area contributed by atoms with Crippen LogP contribution in [0.3, 0.4) is 0 Å². The fourth-order valence-corrected chi connectivity index (χ4v) is 1.96. The molecule has 1 N–H and O–H groups in total. The Labute approximate surface area is 121 Å². The lowest BCUT2D eigenvalue weighted by Crippen LogP contribution is -2.35. The van der Waals surface area contributed by atoms with E-state index in [0.29, 0.717) is 12.2 Å². The molecule has 1 aromatic carbocycles. The predicted molar refractivity (Wildman–Crippen MR) is 77.8 cm³/mol. The van der Waals surface area contributed by atoms with Crippen LogP contribution in [-0.4, -0.2) is 15.3 Å².